The van der Waals surface area contributed by atoms with Gasteiger partial charge < -0.3 is 4.74 Å². The molecule has 0 aromatic heterocycles. The van der Waals surface area contributed by atoms with E-state index in [4.69, 9.17) is 27.9 Å². The zero-order chi connectivity index (χ0) is 14.7. The van der Waals surface area contributed by atoms with Crippen LogP contribution in [-0.2, 0) is 9.59 Å². The van der Waals surface area contributed by atoms with Crippen molar-refractivity contribution in [2.75, 3.05) is 0 Å². The second kappa shape index (κ2) is 6.03. The van der Waals surface area contributed by atoms with Crippen LogP contribution in [0.5, 0.6) is 5.75 Å². The molecule has 1 aliphatic rings. The number of benzene rings is 1. The molecule has 0 radical (unpaired) electrons. The lowest BCUT2D eigenvalue weighted by Gasteiger charge is -2.06. The Balaban J connectivity index is 2.23. The number of aliphatic imine (C=N–C) groups is 1. The molecule has 0 saturated heterocycles. The summed E-state index contributed by atoms with van der Waals surface area (Å²) in [4.78, 5) is 26.4. The van der Waals surface area contributed by atoms with Crippen LogP contribution in [-0.4, -0.2) is 17.5 Å². The third-order valence-electron chi connectivity index (χ3n) is 2.34. The van der Waals surface area contributed by atoms with Gasteiger partial charge in [-0.3, -0.25) is 9.59 Å². The lowest BCUT2D eigenvalue weighted by molar-refractivity contribution is -0.131. The lowest BCUT2D eigenvalue weighted by Crippen LogP contribution is -2.07. The Morgan fingerprint density at radius 1 is 1.10 bits per heavy atom. The van der Waals surface area contributed by atoms with Crippen LogP contribution < -0.4 is 4.74 Å². The van der Waals surface area contributed by atoms with Crippen LogP contribution in [0.25, 0.3) is 0 Å². The highest BCUT2D eigenvalue weighted by Gasteiger charge is 2.17. The molecule has 2 rings (SSSR count). The Hall–Kier alpha value is -1.91. The first-order chi connectivity index (χ1) is 9.45. The summed E-state index contributed by atoms with van der Waals surface area (Å²) in [5, 5.41) is 0.0422. The van der Waals surface area contributed by atoms with Gasteiger partial charge in [0.1, 0.15) is 5.75 Å². The Bertz CT molecular complexity index is 634. The topological polar surface area (TPSA) is 55.7 Å². The molecule has 0 bridgehead atoms. The first-order valence-electron chi connectivity index (χ1n) is 5.62. The Kier molecular flexibility index (Phi) is 4.37. The molecule has 6 heteroatoms. The summed E-state index contributed by atoms with van der Waals surface area (Å²) in [7, 11) is 0. The molecule has 0 unspecified atom stereocenters. The van der Waals surface area contributed by atoms with Gasteiger partial charge in [0.05, 0.1) is 21.5 Å². The third kappa shape index (κ3) is 3.56. The van der Waals surface area contributed by atoms with Crippen molar-refractivity contribution in [1.29, 1.82) is 0 Å². The van der Waals surface area contributed by atoms with Gasteiger partial charge in [0.15, 0.2) is 0 Å². The normalized spacial score (nSPS) is 14.6. The average Bonchev–Trinajstić information content (AvgIpc) is 2.37. The molecular weight excluding hydrogens is 301 g/mol. The molecule has 1 aromatic rings. The molecule has 1 aromatic carbocycles. The minimum Gasteiger partial charge on any atom is -0.427 e. The largest absolute Gasteiger partial charge is 0.427 e. The van der Waals surface area contributed by atoms with Crippen LogP contribution in [0, 0.1) is 0 Å². The van der Waals surface area contributed by atoms with E-state index in [0.717, 1.165) is 0 Å². The fraction of sp³-hybridized carbons (Fsp3) is 0.0714. The maximum absolute atomic E-state index is 11.4. The summed E-state index contributed by atoms with van der Waals surface area (Å²) in [5.41, 5.74) is 1.09. The fourth-order valence-corrected chi connectivity index (χ4v) is 1.99. The van der Waals surface area contributed by atoms with E-state index in [1.165, 1.54) is 19.1 Å². The fourth-order valence-electron chi connectivity index (χ4n) is 1.51. The molecular formula is C14H9Cl2NO3. The van der Waals surface area contributed by atoms with E-state index in [1.807, 2.05) is 0 Å². The Labute approximate surface area is 125 Å². The van der Waals surface area contributed by atoms with E-state index in [0.29, 0.717) is 17.1 Å². The minimum absolute atomic E-state index is 0.0211. The van der Waals surface area contributed by atoms with Gasteiger partial charge in [-0.25, -0.2) is 4.99 Å². The van der Waals surface area contributed by atoms with Gasteiger partial charge in [0.25, 0.3) is 0 Å². The van der Waals surface area contributed by atoms with Crippen molar-refractivity contribution in [3.63, 3.8) is 0 Å². The van der Waals surface area contributed by atoms with Crippen LogP contribution in [0.4, 0.5) is 5.69 Å². The molecule has 0 N–H and O–H groups in total. The molecule has 102 valence electrons. The number of ketones is 1. The van der Waals surface area contributed by atoms with Gasteiger partial charge in [-0.2, -0.15) is 0 Å². The molecule has 0 amide bonds. The number of esters is 1. The molecule has 20 heavy (non-hydrogen) atoms. The zero-order valence-corrected chi connectivity index (χ0v) is 11.9. The number of rotatable bonds is 2. The van der Waals surface area contributed by atoms with Crippen molar-refractivity contribution in [3.05, 3.63) is 46.5 Å². The second-order valence-electron chi connectivity index (χ2n) is 3.94. The van der Waals surface area contributed by atoms with E-state index in [-0.39, 0.29) is 16.0 Å². The maximum Gasteiger partial charge on any atom is 0.308 e. The van der Waals surface area contributed by atoms with Crippen LogP contribution in [0.3, 0.4) is 0 Å². The number of Topliss-reactive ketones (excluding diaryl/α,β-unsaturated/α-hetero) is 1. The van der Waals surface area contributed by atoms with Gasteiger partial charge >= 0.3 is 5.97 Å². The highest BCUT2D eigenvalue weighted by atomic mass is 35.5. The van der Waals surface area contributed by atoms with Gasteiger partial charge in [-0.05, 0) is 36.4 Å². The van der Waals surface area contributed by atoms with Crippen LogP contribution >= 0.6 is 23.2 Å². The third-order valence-corrected chi connectivity index (χ3v) is 2.90. The van der Waals surface area contributed by atoms with Gasteiger partial charge in [-0.15, -0.1) is 0 Å². The van der Waals surface area contributed by atoms with Crippen LogP contribution in [0.2, 0.25) is 0 Å². The Morgan fingerprint density at radius 3 is 2.15 bits per heavy atom. The van der Waals surface area contributed by atoms with E-state index in [9.17, 15) is 9.59 Å². The van der Waals surface area contributed by atoms with Crippen molar-refractivity contribution in [1.82, 2.24) is 0 Å². The summed E-state index contributed by atoms with van der Waals surface area (Å²) < 4.78 is 4.91. The molecule has 0 heterocycles. The van der Waals surface area contributed by atoms with Gasteiger partial charge in [-0.1, -0.05) is 23.2 Å². The van der Waals surface area contributed by atoms with E-state index < -0.39 is 5.78 Å². The Morgan fingerprint density at radius 2 is 1.65 bits per heavy atom. The maximum atomic E-state index is 11.4. The number of halogens is 2. The van der Waals surface area contributed by atoms with Crippen molar-refractivity contribution < 1.29 is 14.3 Å². The number of allylic oxidation sites excluding steroid dienone is 4. The van der Waals surface area contributed by atoms with Crippen LogP contribution in [0.1, 0.15) is 6.92 Å². The molecule has 0 atom stereocenters. The van der Waals surface area contributed by atoms with Crippen molar-refractivity contribution in [2.45, 2.75) is 6.92 Å². The summed E-state index contributed by atoms with van der Waals surface area (Å²) in [6, 6.07) is 6.58. The van der Waals surface area contributed by atoms with E-state index in [1.54, 1.807) is 24.3 Å². The lowest BCUT2D eigenvalue weighted by atomic mass is 10.1. The molecule has 0 spiro atoms. The number of carbonyl (C=O) groups is 2. The van der Waals surface area contributed by atoms with Crippen molar-refractivity contribution in [2.24, 2.45) is 4.99 Å². The number of carbonyl (C=O) groups excluding carboxylic acids is 2. The van der Waals surface area contributed by atoms with Crippen molar-refractivity contribution in [3.8, 4) is 5.75 Å². The highest BCUT2D eigenvalue weighted by Crippen LogP contribution is 2.23. The molecule has 0 saturated carbocycles. The summed E-state index contributed by atoms with van der Waals surface area (Å²) >= 11 is 11.5. The first kappa shape index (κ1) is 14.5. The van der Waals surface area contributed by atoms with Crippen molar-refractivity contribution >= 4 is 46.4 Å². The first-order valence-corrected chi connectivity index (χ1v) is 6.37. The van der Waals surface area contributed by atoms with Gasteiger partial charge in [0.2, 0.25) is 5.78 Å². The molecule has 4 nitrogen and oxygen atoms in total. The van der Waals surface area contributed by atoms with E-state index in [2.05, 4.69) is 4.99 Å². The monoisotopic (exact) mass is 309 g/mol. The number of ether oxygens (including phenoxy) is 1. The van der Waals surface area contributed by atoms with Crippen LogP contribution in [0.15, 0.2) is 51.5 Å². The SMILES string of the molecule is CC(=O)Oc1ccc(N=C2C=C(Cl)C(=O)C(Cl)=C2)cc1. The average molecular weight is 310 g/mol. The number of hydrogen-bond donors (Lipinski definition) is 0. The molecule has 1 aliphatic carbocycles. The quantitative estimate of drug-likeness (QED) is 0.477. The summed E-state index contributed by atoms with van der Waals surface area (Å²) in [6.45, 7) is 1.33. The summed E-state index contributed by atoms with van der Waals surface area (Å²) in [6.07, 6.45) is 2.88. The van der Waals surface area contributed by atoms with E-state index >= 15 is 0 Å². The minimum atomic E-state index is -0.419. The predicted molar refractivity (Wildman–Crippen MR) is 77.7 cm³/mol. The number of hydrogen-bond acceptors (Lipinski definition) is 4. The highest BCUT2D eigenvalue weighted by molar-refractivity contribution is 6.57. The van der Waals surface area contributed by atoms with Gasteiger partial charge in [0, 0.05) is 6.92 Å². The smallest absolute Gasteiger partial charge is 0.308 e. The molecule has 0 aliphatic heterocycles. The zero-order valence-electron chi connectivity index (χ0n) is 10.4. The standard InChI is InChI=1S/C14H9Cl2NO3/c1-8(18)20-11-4-2-9(3-5-11)17-10-6-12(15)14(19)13(16)7-10/h2-7H,1H3. The predicted octanol–water partition coefficient (Wildman–Crippen LogP) is 3.51. The summed E-state index contributed by atoms with van der Waals surface area (Å²) in [5.74, 6) is -0.376. The second-order valence-corrected chi connectivity index (χ2v) is 4.75. The number of nitrogens with zero attached hydrogens (tertiary/aromatic N) is 1. The molecule has 0 fully saturated rings.